The Morgan fingerprint density at radius 2 is 0.942 bits per heavy atom. The quantitative estimate of drug-likeness (QED) is 0.0613. The molecule has 0 unspecified atom stereocenters. The largest absolute Gasteiger partial charge is 0.423 e. The van der Waals surface area contributed by atoms with Crippen LogP contribution in [0.5, 0.6) is 5.75 Å². The molecule has 0 spiro atoms. The highest BCUT2D eigenvalue weighted by atomic mass is 32.2. The molecule has 262 valence electrons. The Balaban J connectivity index is 1.18. The van der Waals surface area contributed by atoms with E-state index >= 15 is 0 Å². The normalized spacial score (nSPS) is 16.3. The van der Waals surface area contributed by atoms with Gasteiger partial charge in [0, 0.05) is 17.9 Å². The Hall–Kier alpha value is -4.52. The fraction of sp³-hybridized carbons (Fsp3) is 0.119. The minimum absolute atomic E-state index is 0.207. The molecule has 1 aliphatic heterocycles. The van der Waals surface area contributed by atoms with Gasteiger partial charge < -0.3 is 14.2 Å². The molecule has 52 heavy (non-hydrogen) atoms. The molecule has 0 amide bonds. The van der Waals surface area contributed by atoms with Crippen molar-refractivity contribution in [2.75, 3.05) is 12.3 Å². The summed E-state index contributed by atoms with van der Waals surface area (Å²) in [5, 5.41) is 5.07. The number of ether oxygens (including phenoxy) is 3. The van der Waals surface area contributed by atoms with E-state index < -0.39 is 43.1 Å². The van der Waals surface area contributed by atoms with Crippen LogP contribution in [0.3, 0.4) is 0 Å². The summed E-state index contributed by atoms with van der Waals surface area (Å²) in [6, 6.07) is 54.5. The SMILES string of the molecule is O=C(Oc1ccc(C2O[C@@H](CP(c3ccccc3)c3ccccc3)[C@H](CP(c3ccccc3)c3ccccc3)O2)cc1)c1ccccc1S(=O)(=O)O. The van der Waals surface area contributed by atoms with Crippen LogP contribution >= 0.6 is 15.8 Å². The molecular weight excluding hydrogens is 710 g/mol. The van der Waals surface area contributed by atoms with E-state index in [-0.39, 0.29) is 23.5 Å². The molecule has 6 aromatic rings. The first-order valence-corrected chi connectivity index (χ1v) is 21.3. The molecule has 1 saturated heterocycles. The standard InChI is InChI=1S/C42H36O7P2S/c43-41(37-23-13-14-24-40(37)52(44,45)46)47-32-27-25-31(26-28-32)42-48-38(29-50(33-15-5-1-6-16-33)34-17-7-2-8-18-34)39(49-42)30-51(35-19-9-3-10-20-35)36-21-11-4-12-22-36/h1-28,38-39,42H,29-30H2,(H,44,45,46)/t38-,39-/m0/s1. The molecule has 0 aliphatic carbocycles. The van der Waals surface area contributed by atoms with E-state index in [9.17, 15) is 17.8 Å². The molecule has 1 aliphatic rings. The van der Waals surface area contributed by atoms with Gasteiger partial charge in [0.05, 0.1) is 17.8 Å². The van der Waals surface area contributed by atoms with Crippen molar-refractivity contribution < 1.29 is 32.0 Å². The van der Waals surface area contributed by atoms with Gasteiger partial charge in [0.1, 0.15) is 10.6 Å². The van der Waals surface area contributed by atoms with Crippen molar-refractivity contribution in [2.45, 2.75) is 23.4 Å². The van der Waals surface area contributed by atoms with Gasteiger partial charge in [0.25, 0.3) is 10.1 Å². The summed E-state index contributed by atoms with van der Waals surface area (Å²) in [5.41, 5.74) is 0.502. The Bertz CT molecular complexity index is 2020. The third-order valence-corrected chi connectivity index (χ3v) is 14.8. The van der Waals surface area contributed by atoms with E-state index in [1.54, 1.807) is 24.3 Å². The van der Waals surface area contributed by atoms with E-state index in [1.807, 2.05) is 24.3 Å². The van der Waals surface area contributed by atoms with Gasteiger partial charge in [0.2, 0.25) is 0 Å². The topological polar surface area (TPSA) is 99.1 Å². The highest BCUT2D eigenvalue weighted by Gasteiger charge is 2.40. The van der Waals surface area contributed by atoms with Crippen LogP contribution in [0.25, 0.3) is 0 Å². The predicted molar refractivity (Wildman–Crippen MR) is 208 cm³/mol. The molecule has 10 heteroatoms. The Morgan fingerprint density at radius 1 is 0.558 bits per heavy atom. The number of benzene rings is 6. The Kier molecular flexibility index (Phi) is 11.3. The third-order valence-electron chi connectivity index (χ3n) is 8.76. The summed E-state index contributed by atoms with van der Waals surface area (Å²) in [7, 11) is -6.17. The molecule has 7 rings (SSSR count). The smallest absolute Gasteiger partial charge is 0.344 e. The van der Waals surface area contributed by atoms with Crippen molar-refractivity contribution in [3.8, 4) is 5.75 Å². The van der Waals surface area contributed by atoms with Crippen LogP contribution in [0.2, 0.25) is 0 Å². The summed E-state index contributed by atoms with van der Waals surface area (Å²) in [6.45, 7) is 0. The maximum Gasteiger partial charge on any atom is 0.344 e. The van der Waals surface area contributed by atoms with Gasteiger partial charge in [-0.2, -0.15) is 8.42 Å². The van der Waals surface area contributed by atoms with Crippen LogP contribution in [0.1, 0.15) is 22.2 Å². The fourth-order valence-corrected chi connectivity index (χ4v) is 11.8. The Labute approximate surface area is 306 Å². The third kappa shape index (κ3) is 8.57. The number of rotatable bonds is 12. The van der Waals surface area contributed by atoms with E-state index in [0.29, 0.717) is 0 Å². The van der Waals surface area contributed by atoms with E-state index in [0.717, 1.165) is 24.0 Å². The van der Waals surface area contributed by atoms with Gasteiger partial charge in [-0.1, -0.05) is 146 Å². The average Bonchev–Trinajstić information content (AvgIpc) is 3.59. The zero-order valence-corrected chi connectivity index (χ0v) is 30.6. The zero-order valence-electron chi connectivity index (χ0n) is 28.0. The monoisotopic (exact) mass is 746 g/mol. The van der Waals surface area contributed by atoms with Gasteiger partial charge in [-0.15, -0.1) is 0 Å². The van der Waals surface area contributed by atoms with Crippen LogP contribution in [-0.2, 0) is 19.6 Å². The second-order valence-electron chi connectivity index (χ2n) is 12.2. The maximum atomic E-state index is 12.9. The van der Waals surface area contributed by atoms with Crippen LogP contribution in [0.4, 0.5) is 0 Å². The van der Waals surface area contributed by atoms with Crippen molar-refractivity contribution in [1.82, 2.24) is 0 Å². The van der Waals surface area contributed by atoms with Crippen LogP contribution in [0, 0.1) is 0 Å². The van der Waals surface area contributed by atoms with Gasteiger partial charge >= 0.3 is 5.97 Å². The van der Waals surface area contributed by atoms with Crippen molar-refractivity contribution in [3.05, 3.63) is 181 Å². The van der Waals surface area contributed by atoms with Crippen molar-refractivity contribution >= 4 is 53.1 Å². The first-order chi connectivity index (χ1) is 25.3. The molecule has 2 atom stereocenters. The van der Waals surface area contributed by atoms with E-state index in [2.05, 4.69) is 97.1 Å². The summed E-state index contributed by atoms with van der Waals surface area (Å²) < 4.78 is 52.5. The molecule has 1 heterocycles. The van der Waals surface area contributed by atoms with Crippen LogP contribution < -0.4 is 26.0 Å². The van der Waals surface area contributed by atoms with Gasteiger partial charge in [-0.3, -0.25) is 4.55 Å². The summed E-state index contributed by atoms with van der Waals surface area (Å²) in [4.78, 5) is 12.4. The van der Waals surface area contributed by atoms with Crippen molar-refractivity contribution in [1.29, 1.82) is 0 Å². The van der Waals surface area contributed by atoms with Crippen LogP contribution in [-0.4, -0.2) is 43.5 Å². The van der Waals surface area contributed by atoms with Gasteiger partial charge in [-0.25, -0.2) is 4.79 Å². The maximum absolute atomic E-state index is 12.9. The molecule has 1 fully saturated rings. The number of carbonyl (C=O) groups is 1. The first kappa shape index (κ1) is 35.9. The second kappa shape index (κ2) is 16.4. The number of hydrogen-bond acceptors (Lipinski definition) is 6. The molecule has 1 N–H and O–H groups in total. The molecular formula is C42H36O7P2S. The van der Waals surface area contributed by atoms with E-state index in [1.165, 1.54) is 39.4 Å². The van der Waals surface area contributed by atoms with Crippen molar-refractivity contribution in [2.24, 2.45) is 0 Å². The number of carbonyl (C=O) groups excluding carboxylic acids is 1. The van der Waals surface area contributed by atoms with Gasteiger partial charge in [0.15, 0.2) is 6.29 Å². The predicted octanol–water partition coefficient (Wildman–Crippen LogP) is 7.20. The number of esters is 1. The summed E-state index contributed by atoms with van der Waals surface area (Å²) in [6.07, 6.45) is 0.430. The lowest BCUT2D eigenvalue weighted by Crippen LogP contribution is -2.33. The summed E-state index contributed by atoms with van der Waals surface area (Å²) in [5.74, 6) is -0.696. The van der Waals surface area contributed by atoms with E-state index in [4.69, 9.17) is 14.2 Å². The molecule has 0 radical (unpaired) electrons. The first-order valence-electron chi connectivity index (χ1n) is 16.8. The van der Waals surface area contributed by atoms with Crippen LogP contribution in [0.15, 0.2) is 175 Å². The molecule has 0 aromatic heterocycles. The Morgan fingerprint density at radius 3 is 1.35 bits per heavy atom. The zero-order chi connectivity index (χ0) is 35.9. The number of hydrogen-bond donors (Lipinski definition) is 1. The average molecular weight is 747 g/mol. The second-order valence-corrected chi connectivity index (χ2v) is 18.1. The fourth-order valence-electron chi connectivity index (χ4n) is 6.23. The van der Waals surface area contributed by atoms with Crippen molar-refractivity contribution in [3.63, 3.8) is 0 Å². The molecule has 6 aromatic carbocycles. The minimum atomic E-state index is -4.62. The lowest BCUT2D eigenvalue weighted by molar-refractivity contribution is -0.0645. The lowest BCUT2D eigenvalue weighted by atomic mass is 10.2. The molecule has 0 saturated carbocycles. The molecule has 0 bridgehead atoms. The lowest BCUT2D eigenvalue weighted by Gasteiger charge is -2.27. The minimum Gasteiger partial charge on any atom is -0.423 e. The molecule has 7 nitrogen and oxygen atoms in total. The highest BCUT2D eigenvalue weighted by Crippen LogP contribution is 2.45. The highest BCUT2D eigenvalue weighted by molar-refractivity contribution is 7.86. The van der Waals surface area contributed by atoms with Gasteiger partial charge in [-0.05, 0) is 61.3 Å². The summed E-state index contributed by atoms with van der Waals surface area (Å²) >= 11 is 0.